The highest BCUT2D eigenvalue weighted by molar-refractivity contribution is 5.28. The van der Waals surface area contributed by atoms with E-state index in [2.05, 4.69) is 21.1 Å². The third kappa shape index (κ3) is 4.80. The minimum absolute atomic E-state index is 0.331. The van der Waals surface area contributed by atoms with E-state index in [1.54, 1.807) is 0 Å². The van der Waals surface area contributed by atoms with Gasteiger partial charge in [-0.15, -0.1) is 0 Å². The summed E-state index contributed by atoms with van der Waals surface area (Å²) >= 11 is 0. The summed E-state index contributed by atoms with van der Waals surface area (Å²) in [7, 11) is 0. The molecular formula is C15H27N3O2. The highest BCUT2D eigenvalue weighted by Gasteiger charge is 2.14. The van der Waals surface area contributed by atoms with Crippen molar-refractivity contribution in [3.8, 4) is 0 Å². The van der Waals surface area contributed by atoms with E-state index in [4.69, 9.17) is 9.47 Å². The molecule has 1 atom stereocenters. The van der Waals surface area contributed by atoms with Crippen molar-refractivity contribution >= 4 is 5.95 Å². The maximum absolute atomic E-state index is 5.74. The van der Waals surface area contributed by atoms with E-state index in [0.29, 0.717) is 6.10 Å². The van der Waals surface area contributed by atoms with Crippen LogP contribution in [0.4, 0.5) is 5.95 Å². The van der Waals surface area contributed by atoms with Crippen molar-refractivity contribution in [1.29, 1.82) is 0 Å². The number of imidazole rings is 1. The number of hydrogen-bond acceptors (Lipinski definition) is 4. The molecule has 2 rings (SSSR count). The minimum Gasteiger partial charge on any atom is -0.382 e. The topological polar surface area (TPSA) is 48.3 Å². The standard InChI is InChI=1S/C15H27N3O2/c1-3-19-9-6-8-18-12-13(2)17-15(18)16-11-14-7-4-5-10-20-14/h12,14H,3-11H2,1-2H3,(H,16,17). The number of hydrogen-bond donors (Lipinski definition) is 1. The van der Waals surface area contributed by atoms with Crippen molar-refractivity contribution in [2.75, 3.05) is 31.7 Å². The zero-order valence-electron chi connectivity index (χ0n) is 12.7. The van der Waals surface area contributed by atoms with Crippen LogP contribution in [0.15, 0.2) is 6.20 Å². The van der Waals surface area contributed by atoms with Gasteiger partial charge in [-0.2, -0.15) is 0 Å². The molecule has 1 saturated heterocycles. The third-order valence-electron chi connectivity index (χ3n) is 3.55. The van der Waals surface area contributed by atoms with Gasteiger partial charge in [-0.05, 0) is 39.5 Å². The summed E-state index contributed by atoms with van der Waals surface area (Å²) in [5.74, 6) is 0.952. The van der Waals surface area contributed by atoms with Gasteiger partial charge in [-0.25, -0.2) is 4.98 Å². The normalized spacial score (nSPS) is 19.2. The highest BCUT2D eigenvalue weighted by atomic mass is 16.5. The lowest BCUT2D eigenvalue weighted by atomic mass is 10.1. The van der Waals surface area contributed by atoms with E-state index in [9.17, 15) is 0 Å². The molecule has 0 aromatic carbocycles. The fraction of sp³-hybridized carbons (Fsp3) is 0.800. The predicted octanol–water partition coefficient (Wildman–Crippen LogP) is 2.60. The summed E-state index contributed by atoms with van der Waals surface area (Å²) < 4.78 is 13.3. The van der Waals surface area contributed by atoms with Crippen LogP contribution in [0.5, 0.6) is 0 Å². The first-order valence-electron chi connectivity index (χ1n) is 7.76. The molecule has 0 spiro atoms. The molecule has 1 aromatic rings. The summed E-state index contributed by atoms with van der Waals surface area (Å²) in [6, 6.07) is 0. The molecular weight excluding hydrogens is 254 g/mol. The first-order valence-corrected chi connectivity index (χ1v) is 7.76. The summed E-state index contributed by atoms with van der Waals surface area (Å²) in [6.45, 7) is 8.33. The fourth-order valence-corrected chi connectivity index (χ4v) is 2.51. The monoisotopic (exact) mass is 281 g/mol. The van der Waals surface area contributed by atoms with Gasteiger partial charge >= 0.3 is 0 Å². The molecule has 2 heterocycles. The molecule has 1 aliphatic rings. The number of nitrogens with one attached hydrogen (secondary N) is 1. The molecule has 1 aromatic heterocycles. The molecule has 0 aliphatic carbocycles. The fourth-order valence-electron chi connectivity index (χ4n) is 2.51. The maximum atomic E-state index is 5.74. The predicted molar refractivity (Wildman–Crippen MR) is 80.2 cm³/mol. The van der Waals surface area contributed by atoms with Crippen LogP contribution in [-0.4, -0.2) is 42.0 Å². The van der Waals surface area contributed by atoms with Gasteiger partial charge in [0.2, 0.25) is 5.95 Å². The minimum atomic E-state index is 0.331. The number of anilines is 1. The first kappa shape index (κ1) is 15.3. The summed E-state index contributed by atoms with van der Waals surface area (Å²) in [5.41, 5.74) is 1.05. The van der Waals surface area contributed by atoms with Crippen molar-refractivity contribution < 1.29 is 9.47 Å². The van der Waals surface area contributed by atoms with Crippen LogP contribution >= 0.6 is 0 Å². The van der Waals surface area contributed by atoms with E-state index >= 15 is 0 Å². The van der Waals surface area contributed by atoms with Crippen molar-refractivity contribution in [2.24, 2.45) is 0 Å². The molecule has 1 aliphatic heterocycles. The van der Waals surface area contributed by atoms with Gasteiger partial charge in [-0.3, -0.25) is 0 Å². The number of rotatable bonds is 8. The first-order chi connectivity index (χ1) is 9.79. The Bertz CT molecular complexity index is 386. The summed E-state index contributed by atoms with van der Waals surface area (Å²) in [5, 5.41) is 3.43. The van der Waals surface area contributed by atoms with Gasteiger partial charge in [0.05, 0.1) is 11.8 Å². The van der Waals surface area contributed by atoms with Crippen LogP contribution < -0.4 is 5.32 Å². The molecule has 0 bridgehead atoms. The number of nitrogens with zero attached hydrogens (tertiary/aromatic N) is 2. The number of aromatic nitrogens is 2. The largest absolute Gasteiger partial charge is 0.382 e. The van der Waals surface area contributed by atoms with Crippen LogP contribution in [0.25, 0.3) is 0 Å². The average molecular weight is 281 g/mol. The summed E-state index contributed by atoms with van der Waals surface area (Å²) in [6.07, 6.45) is 7.05. The second-order valence-corrected chi connectivity index (χ2v) is 5.32. The third-order valence-corrected chi connectivity index (χ3v) is 3.55. The molecule has 1 N–H and O–H groups in total. The van der Waals surface area contributed by atoms with Crippen LogP contribution in [-0.2, 0) is 16.0 Å². The van der Waals surface area contributed by atoms with Crippen molar-refractivity contribution in [2.45, 2.75) is 52.2 Å². The average Bonchev–Trinajstić information content (AvgIpc) is 2.83. The number of ether oxygens (including phenoxy) is 2. The Morgan fingerprint density at radius 1 is 1.50 bits per heavy atom. The molecule has 1 fully saturated rings. The van der Waals surface area contributed by atoms with Crippen LogP contribution in [0.2, 0.25) is 0 Å². The molecule has 0 radical (unpaired) electrons. The van der Waals surface area contributed by atoms with E-state index in [1.165, 1.54) is 12.8 Å². The van der Waals surface area contributed by atoms with Crippen LogP contribution in [0, 0.1) is 6.92 Å². The smallest absolute Gasteiger partial charge is 0.203 e. The Morgan fingerprint density at radius 3 is 3.15 bits per heavy atom. The van der Waals surface area contributed by atoms with Gasteiger partial charge in [0.1, 0.15) is 0 Å². The zero-order valence-corrected chi connectivity index (χ0v) is 12.7. The van der Waals surface area contributed by atoms with Crippen LogP contribution in [0.1, 0.15) is 38.3 Å². The Morgan fingerprint density at radius 2 is 2.40 bits per heavy atom. The SMILES string of the molecule is CCOCCCn1cc(C)nc1NCC1CCCCO1. The molecule has 5 heteroatoms. The zero-order chi connectivity index (χ0) is 14.2. The van der Waals surface area contributed by atoms with Gasteiger partial charge in [0, 0.05) is 39.1 Å². The maximum Gasteiger partial charge on any atom is 0.203 e. The highest BCUT2D eigenvalue weighted by Crippen LogP contribution is 2.15. The molecule has 5 nitrogen and oxygen atoms in total. The Hall–Kier alpha value is -1.07. The van der Waals surface area contributed by atoms with Crippen LogP contribution in [0.3, 0.4) is 0 Å². The quantitative estimate of drug-likeness (QED) is 0.744. The van der Waals surface area contributed by atoms with Crippen molar-refractivity contribution in [3.05, 3.63) is 11.9 Å². The molecule has 20 heavy (non-hydrogen) atoms. The number of aryl methyl sites for hydroxylation is 2. The lowest BCUT2D eigenvalue weighted by Crippen LogP contribution is -2.27. The van der Waals surface area contributed by atoms with Crippen molar-refractivity contribution in [3.63, 3.8) is 0 Å². The Balaban J connectivity index is 1.80. The Labute approximate surface area is 121 Å². The molecule has 114 valence electrons. The van der Waals surface area contributed by atoms with E-state index < -0.39 is 0 Å². The lowest BCUT2D eigenvalue weighted by Gasteiger charge is -2.23. The van der Waals surface area contributed by atoms with E-state index in [-0.39, 0.29) is 0 Å². The molecule has 1 unspecified atom stereocenters. The van der Waals surface area contributed by atoms with E-state index in [1.807, 2.05) is 13.8 Å². The second-order valence-electron chi connectivity index (χ2n) is 5.32. The Kier molecular flexibility index (Phi) is 6.33. The van der Waals surface area contributed by atoms with Gasteiger partial charge in [-0.1, -0.05) is 0 Å². The molecule has 0 amide bonds. The lowest BCUT2D eigenvalue weighted by molar-refractivity contribution is 0.0246. The second kappa shape index (κ2) is 8.27. The van der Waals surface area contributed by atoms with Gasteiger partial charge in [0.25, 0.3) is 0 Å². The van der Waals surface area contributed by atoms with Gasteiger partial charge in [0.15, 0.2) is 0 Å². The molecule has 0 saturated carbocycles. The van der Waals surface area contributed by atoms with Gasteiger partial charge < -0.3 is 19.4 Å². The summed E-state index contributed by atoms with van der Waals surface area (Å²) in [4.78, 5) is 4.55. The van der Waals surface area contributed by atoms with E-state index in [0.717, 1.165) is 57.4 Å². The van der Waals surface area contributed by atoms with Crippen molar-refractivity contribution in [1.82, 2.24) is 9.55 Å².